The first-order chi connectivity index (χ1) is 4.89. The van der Waals surface area contributed by atoms with Crippen LogP contribution in [0.15, 0.2) is 5.11 Å². The average molecular weight is 158 g/mol. The number of hydrogen-bond donors (Lipinski definition) is 1. The Labute approximate surface area is 66.7 Å². The highest BCUT2D eigenvalue weighted by Crippen LogP contribution is 2.21. The molecule has 0 saturated heterocycles. The minimum absolute atomic E-state index is 0. The summed E-state index contributed by atoms with van der Waals surface area (Å²) in [7, 11) is 0. The maximum Gasteiger partial charge on any atom is 0.226 e. The number of amides is 1. The summed E-state index contributed by atoms with van der Waals surface area (Å²) in [6, 6.07) is -0.771. The summed E-state index contributed by atoms with van der Waals surface area (Å²) in [5, 5.41) is 3.30. The van der Waals surface area contributed by atoms with Gasteiger partial charge in [0.2, 0.25) is 5.91 Å². The molecule has 0 radical (unpaired) electrons. The van der Waals surface area contributed by atoms with E-state index >= 15 is 0 Å². The van der Waals surface area contributed by atoms with Crippen molar-refractivity contribution in [3.8, 4) is 0 Å². The largest absolute Gasteiger partial charge is 0.369 e. The fraction of sp³-hybridized carbons (Fsp3) is 0.833. The molecule has 11 heavy (non-hydrogen) atoms. The van der Waals surface area contributed by atoms with Crippen LogP contribution >= 0.6 is 0 Å². The lowest BCUT2D eigenvalue weighted by Gasteiger charge is -2.23. The molecule has 0 spiro atoms. The van der Waals surface area contributed by atoms with Gasteiger partial charge in [-0.2, -0.15) is 0 Å². The summed E-state index contributed by atoms with van der Waals surface area (Å²) in [4.78, 5) is 13.2. The lowest BCUT2D eigenvalue weighted by Crippen LogP contribution is -2.37. The second kappa shape index (κ2) is 3.25. The normalized spacial score (nSPS) is 13.4. The van der Waals surface area contributed by atoms with E-state index in [1.807, 2.05) is 0 Å². The van der Waals surface area contributed by atoms with Crippen LogP contribution in [0.4, 0.5) is 0 Å². The molecular formula is C6H14N4O. The van der Waals surface area contributed by atoms with Gasteiger partial charge < -0.3 is 5.73 Å². The second-order valence-electron chi connectivity index (χ2n) is 3.38. The van der Waals surface area contributed by atoms with Gasteiger partial charge in [0.1, 0.15) is 6.04 Å². The molecule has 5 heteroatoms. The zero-order valence-corrected chi connectivity index (χ0v) is 6.90. The molecule has 0 aromatic carbocycles. The van der Waals surface area contributed by atoms with Gasteiger partial charge in [-0.25, -0.2) is 0 Å². The third-order valence-corrected chi connectivity index (χ3v) is 1.26. The van der Waals surface area contributed by atoms with Crippen LogP contribution in [0.1, 0.15) is 22.2 Å². The monoisotopic (exact) mass is 158 g/mol. The molecule has 0 aliphatic heterocycles. The number of nitrogens with zero attached hydrogens (tertiary/aromatic N) is 3. The maximum absolute atomic E-state index is 10.7. The third kappa shape index (κ3) is 2.91. The molecule has 0 aliphatic carbocycles. The molecule has 0 heterocycles. The van der Waals surface area contributed by atoms with Gasteiger partial charge in [0.05, 0.1) is 0 Å². The van der Waals surface area contributed by atoms with E-state index in [0.29, 0.717) is 0 Å². The summed E-state index contributed by atoms with van der Waals surface area (Å²) < 4.78 is 0. The zero-order valence-electron chi connectivity index (χ0n) is 6.90. The Morgan fingerprint density at radius 2 is 2.18 bits per heavy atom. The number of nitrogens with two attached hydrogens (primary N) is 1. The van der Waals surface area contributed by atoms with Crippen LogP contribution in [0.5, 0.6) is 0 Å². The Balaban J connectivity index is 0. The van der Waals surface area contributed by atoms with E-state index in [1.165, 1.54) is 0 Å². The lowest BCUT2D eigenvalue weighted by atomic mass is 9.87. The zero-order chi connectivity index (χ0) is 9.07. The van der Waals surface area contributed by atoms with Crippen molar-refractivity contribution in [1.82, 2.24) is 0 Å². The van der Waals surface area contributed by atoms with Crippen molar-refractivity contribution in [2.24, 2.45) is 16.3 Å². The van der Waals surface area contributed by atoms with Crippen molar-refractivity contribution in [3.05, 3.63) is 10.4 Å². The molecule has 1 atom stereocenters. The molecule has 0 rings (SSSR count). The predicted molar refractivity (Wildman–Crippen MR) is 43.7 cm³/mol. The van der Waals surface area contributed by atoms with E-state index < -0.39 is 17.4 Å². The van der Waals surface area contributed by atoms with Crippen LogP contribution in [-0.4, -0.2) is 11.9 Å². The molecule has 0 aromatic rings. The standard InChI is InChI=1S/C6H12N4O.H2/c1-6(2,3)4(5(7)11)9-10-8;/h4H,1-3H3,(H2,7,11);1H/t4-;/m1./s1. The highest BCUT2D eigenvalue weighted by atomic mass is 16.1. The van der Waals surface area contributed by atoms with E-state index in [9.17, 15) is 4.79 Å². The van der Waals surface area contributed by atoms with Crippen molar-refractivity contribution < 1.29 is 6.22 Å². The first kappa shape index (κ1) is 9.78. The number of carbonyl (C=O) groups excluding carboxylic acids is 1. The Hall–Kier alpha value is -1.22. The smallest absolute Gasteiger partial charge is 0.226 e. The van der Waals surface area contributed by atoms with E-state index in [2.05, 4.69) is 10.0 Å². The van der Waals surface area contributed by atoms with Crippen LogP contribution in [0.25, 0.3) is 10.4 Å². The van der Waals surface area contributed by atoms with Gasteiger partial charge >= 0.3 is 0 Å². The number of hydrogen-bond acceptors (Lipinski definition) is 2. The molecule has 0 saturated carbocycles. The van der Waals surface area contributed by atoms with Crippen LogP contribution in [0.3, 0.4) is 0 Å². The minimum atomic E-state index is -0.771. The predicted octanol–water partition coefficient (Wildman–Crippen LogP) is 1.44. The van der Waals surface area contributed by atoms with Gasteiger partial charge in [-0.3, -0.25) is 4.79 Å². The first-order valence-electron chi connectivity index (χ1n) is 3.23. The summed E-state index contributed by atoms with van der Waals surface area (Å²) in [6.45, 7) is 5.37. The fourth-order valence-electron chi connectivity index (χ4n) is 0.709. The van der Waals surface area contributed by atoms with Crippen LogP contribution in [0.2, 0.25) is 0 Å². The minimum Gasteiger partial charge on any atom is -0.369 e. The topological polar surface area (TPSA) is 91.8 Å². The van der Waals surface area contributed by atoms with Crippen molar-refractivity contribution in [2.45, 2.75) is 26.8 Å². The molecule has 0 bridgehead atoms. The molecule has 0 aromatic heterocycles. The Morgan fingerprint density at radius 1 is 1.73 bits per heavy atom. The quantitative estimate of drug-likeness (QED) is 0.367. The van der Waals surface area contributed by atoms with Crippen molar-refractivity contribution in [1.29, 1.82) is 0 Å². The molecule has 0 fully saturated rings. The lowest BCUT2D eigenvalue weighted by molar-refractivity contribution is -0.121. The van der Waals surface area contributed by atoms with E-state index in [1.54, 1.807) is 20.8 Å². The Kier molecular flexibility index (Phi) is 2.89. The maximum atomic E-state index is 10.7. The van der Waals surface area contributed by atoms with E-state index in [4.69, 9.17) is 11.3 Å². The molecular weight excluding hydrogens is 144 g/mol. The number of primary amides is 1. The van der Waals surface area contributed by atoms with Crippen LogP contribution in [-0.2, 0) is 4.79 Å². The third-order valence-electron chi connectivity index (χ3n) is 1.26. The van der Waals surface area contributed by atoms with Crippen molar-refractivity contribution in [2.75, 3.05) is 0 Å². The van der Waals surface area contributed by atoms with E-state index in [0.717, 1.165) is 0 Å². The molecule has 1 amide bonds. The number of carbonyl (C=O) groups is 1. The highest BCUT2D eigenvalue weighted by Gasteiger charge is 2.28. The van der Waals surface area contributed by atoms with Gasteiger partial charge in [-0.1, -0.05) is 25.9 Å². The molecule has 64 valence electrons. The van der Waals surface area contributed by atoms with Crippen LogP contribution in [0, 0.1) is 5.41 Å². The highest BCUT2D eigenvalue weighted by molar-refractivity contribution is 5.80. The van der Waals surface area contributed by atoms with Gasteiger partial charge in [-0.05, 0) is 10.9 Å². The fourth-order valence-corrected chi connectivity index (χ4v) is 0.709. The second-order valence-corrected chi connectivity index (χ2v) is 3.38. The van der Waals surface area contributed by atoms with E-state index in [-0.39, 0.29) is 1.43 Å². The Morgan fingerprint density at radius 3 is 2.27 bits per heavy atom. The van der Waals surface area contributed by atoms with Crippen molar-refractivity contribution >= 4 is 5.91 Å². The van der Waals surface area contributed by atoms with Gasteiger partial charge in [0.25, 0.3) is 0 Å². The van der Waals surface area contributed by atoms with Gasteiger partial charge in [0, 0.05) is 6.34 Å². The SMILES string of the molecule is CC(C)(C)[C@H](N=[N+]=[N-])C(N)=O.[HH]. The molecule has 0 unspecified atom stereocenters. The van der Waals surface area contributed by atoms with Crippen LogP contribution < -0.4 is 5.73 Å². The summed E-state index contributed by atoms with van der Waals surface area (Å²) in [6.07, 6.45) is 0. The average Bonchev–Trinajstić information content (AvgIpc) is 1.79. The Bertz CT molecular complexity index is 202. The first-order valence-corrected chi connectivity index (χ1v) is 3.23. The summed E-state index contributed by atoms with van der Waals surface area (Å²) >= 11 is 0. The van der Waals surface area contributed by atoms with Gasteiger partial charge in [0.15, 0.2) is 0 Å². The summed E-state index contributed by atoms with van der Waals surface area (Å²) in [5.74, 6) is -0.588. The van der Waals surface area contributed by atoms with Crippen molar-refractivity contribution in [3.63, 3.8) is 0 Å². The number of rotatable bonds is 2. The molecule has 5 nitrogen and oxygen atoms in total. The number of azide groups is 1. The van der Waals surface area contributed by atoms with Gasteiger partial charge in [-0.15, -0.1) is 0 Å². The molecule has 0 aliphatic rings. The summed E-state index contributed by atoms with van der Waals surface area (Å²) in [5.41, 5.74) is 12.7. The molecule has 2 N–H and O–H groups in total.